The van der Waals surface area contributed by atoms with E-state index in [0.717, 1.165) is 12.1 Å². The lowest BCUT2D eigenvalue weighted by Gasteiger charge is -2.12. The Hall–Kier alpha value is -1.00. The number of hydrogen-bond donors (Lipinski definition) is 1. The standard InChI is InChI=1S/C11H15F2NO/c1-8(7-15-2)14-6-9-5-10(12)3-4-11(9)13/h3-5,8,14H,6-7H2,1-2H3. The van der Waals surface area contributed by atoms with Crippen LogP contribution in [0, 0.1) is 11.6 Å². The van der Waals surface area contributed by atoms with E-state index in [9.17, 15) is 8.78 Å². The van der Waals surface area contributed by atoms with Crippen LogP contribution in [0.5, 0.6) is 0 Å². The van der Waals surface area contributed by atoms with Crippen molar-refractivity contribution in [2.75, 3.05) is 13.7 Å². The molecule has 0 aliphatic heterocycles. The molecule has 0 aliphatic carbocycles. The molecule has 0 saturated carbocycles. The van der Waals surface area contributed by atoms with Gasteiger partial charge >= 0.3 is 0 Å². The van der Waals surface area contributed by atoms with Gasteiger partial charge in [-0.25, -0.2) is 8.78 Å². The smallest absolute Gasteiger partial charge is 0.127 e. The van der Waals surface area contributed by atoms with Gasteiger partial charge in [-0.05, 0) is 25.1 Å². The average Bonchev–Trinajstić information content (AvgIpc) is 2.20. The molecule has 0 heterocycles. The molecule has 1 rings (SSSR count). The second kappa shape index (κ2) is 5.78. The summed E-state index contributed by atoms with van der Waals surface area (Å²) in [6.45, 7) is 2.76. The number of nitrogens with one attached hydrogen (secondary N) is 1. The van der Waals surface area contributed by atoms with Crippen molar-refractivity contribution in [3.8, 4) is 0 Å². The summed E-state index contributed by atoms with van der Waals surface area (Å²) in [5.74, 6) is -0.818. The van der Waals surface area contributed by atoms with E-state index in [2.05, 4.69) is 5.32 Å². The topological polar surface area (TPSA) is 21.3 Å². The van der Waals surface area contributed by atoms with E-state index in [1.165, 1.54) is 6.07 Å². The summed E-state index contributed by atoms with van der Waals surface area (Å²) >= 11 is 0. The fraction of sp³-hybridized carbons (Fsp3) is 0.455. The maximum Gasteiger partial charge on any atom is 0.127 e. The number of methoxy groups -OCH3 is 1. The minimum atomic E-state index is -0.424. The molecule has 4 heteroatoms. The molecule has 0 aliphatic rings. The van der Waals surface area contributed by atoms with E-state index in [1.54, 1.807) is 7.11 Å². The third kappa shape index (κ3) is 3.93. The highest BCUT2D eigenvalue weighted by Crippen LogP contribution is 2.09. The van der Waals surface area contributed by atoms with Gasteiger partial charge in [0.25, 0.3) is 0 Å². The van der Waals surface area contributed by atoms with Crippen molar-refractivity contribution in [3.63, 3.8) is 0 Å². The predicted octanol–water partition coefficient (Wildman–Crippen LogP) is 2.09. The molecular weight excluding hydrogens is 200 g/mol. The average molecular weight is 215 g/mol. The van der Waals surface area contributed by atoms with E-state index in [0.29, 0.717) is 18.7 Å². The third-order valence-corrected chi connectivity index (χ3v) is 2.07. The Balaban J connectivity index is 2.53. The van der Waals surface area contributed by atoms with E-state index in [4.69, 9.17) is 4.74 Å². The molecule has 84 valence electrons. The van der Waals surface area contributed by atoms with Crippen LogP contribution in [0.2, 0.25) is 0 Å². The van der Waals surface area contributed by atoms with Crippen LogP contribution in [0.3, 0.4) is 0 Å². The number of rotatable bonds is 5. The summed E-state index contributed by atoms with van der Waals surface area (Å²) in [6.07, 6.45) is 0. The van der Waals surface area contributed by atoms with Gasteiger partial charge in [0.05, 0.1) is 6.61 Å². The number of ether oxygens (including phenoxy) is 1. The molecule has 0 fully saturated rings. The van der Waals surface area contributed by atoms with E-state index >= 15 is 0 Å². The molecule has 1 aromatic carbocycles. The SMILES string of the molecule is COCC(C)NCc1cc(F)ccc1F. The highest BCUT2D eigenvalue weighted by molar-refractivity contribution is 5.18. The van der Waals surface area contributed by atoms with Crippen LogP contribution < -0.4 is 5.32 Å². The molecule has 1 atom stereocenters. The Bertz CT molecular complexity index is 317. The number of hydrogen-bond acceptors (Lipinski definition) is 2. The van der Waals surface area contributed by atoms with Gasteiger partial charge in [-0.2, -0.15) is 0 Å². The van der Waals surface area contributed by atoms with Gasteiger partial charge < -0.3 is 10.1 Å². The van der Waals surface area contributed by atoms with Crippen LogP contribution in [0.1, 0.15) is 12.5 Å². The lowest BCUT2D eigenvalue weighted by Crippen LogP contribution is -2.29. The van der Waals surface area contributed by atoms with Crippen molar-refractivity contribution in [3.05, 3.63) is 35.4 Å². The fourth-order valence-electron chi connectivity index (χ4n) is 1.27. The van der Waals surface area contributed by atoms with Crippen LogP contribution in [0.4, 0.5) is 8.78 Å². The Morgan fingerprint density at radius 1 is 1.40 bits per heavy atom. The van der Waals surface area contributed by atoms with Gasteiger partial charge in [0.1, 0.15) is 11.6 Å². The maximum absolute atomic E-state index is 13.2. The molecule has 0 saturated heterocycles. The normalized spacial score (nSPS) is 12.8. The molecule has 0 spiro atoms. The fourth-order valence-corrected chi connectivity index (χ4v) is 1.27. The van der Waals surface area contributed by atoms with Crippen molar-refractivity contribution in [1.29, 1.82) is 0 Å². The zero-order valence-electron chi connectivity index (χ0n) is 8.89. The molecule has 1 N–H and O–H groups in total. The molecule has 0 amide bonds. The Morgan fingerprint density at radius 2 is 2.13 bits per heavy atom. The van der Waals surface area contributed by atoms with Gasteiger partial charge in [-0.15, -0.1) is 0 Å². The van der Waals surface area contributed by atoms with Crippen molar-refractivity contribution in [1.82, 2.24) is 5.32 Å². The van der Waals surface area contributed by atoms with E-state index < -0.39 is 11.6 Å². The van der Waals surface area contributed by atoms with Gasteiger partial charge in [-0.3, -0.25) is 0 Å². The summed E-state index contributed by atoms with van der Waals surface area (Å²) in [5, 5.41) is 3.04. The molecule has 1 aromatic rings. The van der Waals surface area contributed by atoms with Crippen molar-refractivity contribution in [2.24, 2.45) is 0 Å². The molecule has 1 unspecified atom stereocenters. The van der Waals surface area contributed by atoms with Crippen LogP contribution in [0.25, 0.3) is 0 Å². The van der Waals surface area contributed by atoms with E-state index in [1.807, 2.05) is 6.92 Å². The zero-order chi connectivity index (χ0) is 11.3. The Kier molecular flexibility index (Phi) is 4.65. The molecule has 0 aromatic heterocycles. The molecule has 15 heavy (non-hydrogen) atoms. The minimum Gasteiger partial charge on any atom is -0.383 e. The summed E-state index contributed by atoms with van der Waals surface area (Å²) in [7, 11) is 1.60. The van der Waals surface area contributed by atoms with Gasteiger partial charge in [0.15, 0.2) is 0 Å². The highest BCUT2D eigenvalue weighted by atomic mass is 19.1. The monoisotopic (exact) mass is 215 g/mol. The Morgan fingerprint density at radius 3 is 2.80 bits per heavy atom. The quantitative estimate of drug-likeness (QED) is 0.812. The first-order valence-corrected chi connectivity index (χ1v) is 4.79. The number of halogens is 2. The van der Waals surface area contributed by atoms with Crippen LogP contribution in [-0.2, 0) is 11.3 Å². The second-order valence-corrected chi connectivity index (χ2v) is 3.47. The molecule has 2 nitrogen and oxygen atoms in total. The first-order valence-electron chi connectivity index (χ1n) is 4.79. The van der Waals surface area contributed by atoms with Crippen LogP contribution in [-0.4, -0.2) is 19.8 Å². The summed E-state index contributed by atoms with van der Waals surface area (Å²) in [6, 6.07) is 3.55. The first-order chi connectivity index (χ1) is 7.13. The predicted molar refractivity (Wildman–Crippen MR) is 54.5 cm³/mol. The molecular formula is C11H15F2NO. The molecule has 0 bridgehead atoms. The summed E-state index contributed by atoms with van der Waals surface area (Å²) in [5.41, 5.74) is 0.331. The van der Waals surface area contributed by atoms with Gasteiger partial charge in [-0.1, -0.05) is 0 Å². The van der Waals surface area contributed by atoms with Crippen molar-refractivity contribution < 1.29 is 13.5 Å². The summed E-state index contributed by atoms with van der Waals surface area (Å²) < 4.78 is 30.9. The minimum absolute atomic E-state index is 0.109. The number of benzene rings is 1. The van der Waals surface area contributed by atoms with Crippen LogP contribution in [0.15, 0.2) is 18.2 Å². The largest absolute Gasteiger partial charge is 0.383 e. The molecule has 0 radical (unpaired) electrons. The van der Waals surface area contributed by atoms with Crippen molar-refractivity contribution >= 4 is 0 Å². The van der Waals surface area contributed by atoms with Crippen molar-refractivity contribution in [2.45, 2.75) is 19.5 Å². The van der Waals surface area contributed by atoms with Crippen LogP contribution >= 0.6 is 0 Å². The second-order valence-electron chi connectivity index (χ2n) is 3.47. The first kappa shape index (κ1) is 12.1. The Labute approximate surface area is 88.3 Å². The van der Waals surface area contributed by atoms with Gasteiger partial charge in [0.2, 0.25) is 0 Å². The summed E-state index contributed by atoms with van der Waals surface area (Å²) in [4.78, 5) is 0. The lowest BCUT2D eigenvalue weighted by molar-refractivity contribution is 0.171. The van der Waals surface area contributed by atoms with Gasteiger partial charge in [0, 0.05) is 25.3 Å². The highest BCUT2D eigenvalue weighted by Gasteiger charge is 2.05. The zero-order valence-corrected chi connectivity index (χ0v) is 8.89. The third-order valence-electron chi connectivity index (χ3n) is 2.07. The maximum atomic E-state index is 13.2. The van der Waals surface area contributed by atoms with E-state index in [-0.39, 0.29) is 6.04 Å². The lowest BCUT2D eigenvalue weighted by atomic mass is 10.2.